The number of rotatable bonds is 7. The Labute approximate surface area is 176 Å². The number of ether oxygens (including phenoxy) is 1. The fourth-order valence-electron chi connectivity index (χ4n) is 4.01. The molecule has 2 aromatic carbocycles. The van der Waals surface area contributed by atoms with Crippen LogP contribution < -0.4 is 10.1 Å². The van der Waals surface area contributed by atoms with Crippen LogP contribution in [0.4, 0.5) is 0 Å². The first-order chi connectivity index (χ1) is 14.2. The third kappa shape index (κ3) is 4.69. The maximum Gasteiger partial charge on any atom is 0.234 e. The SMILES string of the molecule is COc1ccc([C@@H](NC(=O)CN2CCC[C@H]2c2cccs2)c2ccccc2)cc1. The minimum atomic E-state index is -0.183. The number of carbonyl (C=O) groups is 1. The molecule has 5 heteroatoms. The van der Waals surface area contributed by atoms with Crippen molar-refractivity contribution in [3.8, 4) is 5.75 Å². The average Bonchev–Trinajstić information content (AvgIpc) is 3.44. The van der Waals surface area contributed by atoms with Gasteiger partial charge in [0.1, 0.15) is 5.75 Å². The molecule has 4 nitrogen and oxygen atoms in total. The Morgan fingerprint density at radius 1 is 1.10 bits per heavy atom. The number of nitrogens with one attached hydrogen (secondary N) is 1. The molecule has 3 aromatic rings. The molecule has 0 saturated carbocycles. The van der Waals surface area contributed by atoms with Gasteiger partial charge in [0.2, 0.25) is 5.91 Å². The number of hydrogen-bond acceptors (Lipinski definition) is 4. The Morgan fingerprint density at radius 2 is 1.86 bits per heavy atom. The third-order valence-corrected chi connectivity index (χ3v) is 6.44. The van der Waals surface area contributed by atoms with Crippen molar-refractivity contribution in [2.75, 3.05) is 20.2 Å². The highest BCUT2D eigenvalue weighted by atomic mass is 32.1. The summed E-state index contributed by atoms with van der Waals surface area (Å²) in [7, 11) is 1.66. The summed E-state index contributed by atoms with van der Waals surface area (Å²) in [6, 6.07) is 22.5. The number of benzene rings is 2. The maximum atomic E-state index is 13.0. The van der Waals surface area contributed by atoms with Crippen LogP contribution >= 0.6 is 11.3 Å². The van der Waals surface area contributed by atoms with Gasteiger partial charge in [-0.2, -0.15) is 0 Å². The van der Waals surface area contributed by atoms with Crippen LogP contribution in [-0.4, -0.2) is 31.0 Å². The van der Waals surface area contributed by atoms with E-state index in [-0.39, 0.29) is 11.9 Å². The van der Waals surface area contributed by atoms with Crippen molar-refractivity contribution in [3.05, 3.63) is 88.1 Å². The lowest BCUT2D eigenvalue weighted by Crippen LogP contribution is -2.38. The standard InChI is InChI=1S/C24H26N2O2S/c1-28-20-13-11-19(12-14-20)24(18-7-3-2-4-8-18)25-23(27)17-26-15-5-9-21(26)22-10-6-16-29-22/h2-4,6-8,10-14,16,21,24H,5,9,15,17H2,1H3,(H,25,27)/t21-,24-/m0/s1. The minimum Gasteiger partial charge on any atom is -0.497 e. The van der Waals surface area contributed by atoms with Crippen molar-refractivity contribution in [3.63, 3.8) is 0 Å². The molecule has 1 fully saturated rings. The summed E-state index contributed by atoms with van der Waals surface area (Å²) in [5, 5.41) is 5.37. The molecule has 1 amide bonds. The van der Waals surface area contributed by atoms with Gasteiger partial charge >= 0.3 is 0 Å². The van der Waals surface area contributed by atoms with Crippen molar-refractivity contribution in [1.82, 2.24) is 10.2 Å². The summed E-state index contributed by atoms with van der Waals surface area (Å²) in [4.78, 5) is 16.7. The number of likely N-dealkylation sites (tertiary alicyclic amines) is 1. The van der Waals surface area contributed by atoms with Crippen LogP contribution in [0.5, 0.6) is 5.75 Å². The number of hydrogen-bond donors (Lipinski definition) is 1. The molecule has 1 saturated heterocycles. The van der Waals surface area contributed by atoms with Gasteiger partial charge in [-0.15, -0.1) is 11.3 Å². The third-order valence-electron chi connectivity index (χ3n) is 5.47. The fourth-order valence-corrected chi connectivity index (χ4v) is 4.91. The Bertz CT molecular complexity index is 910. The fraction of sp³-hybridized carbons (Fsp3) is 0.292. The van der Waals surface area contributed by atoms with Gasteiger partial charge < -0.3 is 10.1 Å². The Kier molecular flexibility index (Phi) is 6.27. The van der Waals surface area contributed by atoms with E-state index in [1.54, 1.807) is 18.4 Å². The van der Waals surface area contributed by atoms with Crippen LogP contribution in [0, 0.1) is 0 Å². The van der Waals surface area contributed by atoms with E-state index in [1.807, 2.05) is 42.5 Å². The predicted octanol–water partition coefficient (Wildman–Crippen LogP) is 4.80. The monoisotopic (exact) mass is 406 g/mol. The lowest BCUT2D eigenvalue weighted by Gasteiger charge is -2.25. The summed E-state index contributed by atoms with van der Waals surface area (Å²) in [6.07, 6.45) is 2.25. The largest absolute Gasteiger partial charge is 0.497 e. The molecule has 0 bridgehead atoms. The van der Waals surface area contributed by atoms with Crippen molar-refractivity contribution < 1.29 is 9.53 Å². The van der Waals surface area contributed by atoms with Gasteiger partial charge in [0.25, 0.3) is 0 Å². The average molecular weight is 407 g/mol. The van der Waals surface area contributed by atoms with Crippen molar-refractivity contribution in [1.29, 1.82) is 0 Å². The second-order valence-corrected chi connectivity index (χ2v) is 8.31. The number of nitrogens with zero attached hydrogens (tertiary/aromatic N) is 1. The van der Waals surface area contributed by atoms with Crippen molar-refractivity contribution in [2.45, 2.75) is 24.9 Å². The summed E-state index contributed by atoms with van der Waals surface area (Å²) >= 11 is 1.78. The first-order valence-electron chi connectivity index (χ1n) is 10.0. The zero-order valence-corrected chi connectivity index (χ0v) is 17.4. The molecular formula is C24H26N2O2S. The molecule has 1 aliphatic rings. The molecule has 4 rings (SSSR count). The summed E-state index contributed by atoms with van der Waals surface area (Å²) in [5.41, 5.74) is 2.11. The second-order valence-electron chi connectivity index (χ2n) is 7.33. The summed E-state index contributed by atoms with van der Waals surface area (Å²) in [6.45, 7) is 1.39. The number of amides is 1. The minimum absolute atomic E-state index is 0.0538. The van der Waals surface area contributed by atoms with Gasteiger partial charge in [-0.05, 0) is 54.1 Å². The molecule has 2 atom stereocenters. The van der Waals surface area contributed by atoms with Crippen LogP contribution in [0.15, 0.2) is 72.1 Å². The van der Waals surface area contributed by atoms with Crippen LogP contribution in [0.25, 0.3) is 0 Å². The van der Waals surface area contributed by atoms with E-state index in [9.17, 15) is 4.79 Å². The number of carbonyl (C=O) groups excluding carboxylic acids is 1. The van der Waals surface area contributed by atoms with Gasteiger partial charge in [0.05, 0.1) is 19.7 Å². The predicted molar refractivity (Wildman–Crippen MR) is 117 cm³/mol. The highest BCUT2D eigenvalue weighted by Crippen LogP contribution is 2.34. The lowest BCUT2D eigenvalue weighted by molar-refractivity contribution is -0.123. The molecule has 1 aromatic heterocycles. The Balaban J connectivity index is 1.50. The van der Waals surface area contributed by atoms with Crippen molar-refractivity contribution >= 4 is 17.2 Å². The van der Waals surface area contributed by atoms with Crippen LogP contribution in [-0.2, 0) is 4.79 Å². The lowest BCUT2D eigenvalue weighted by atomic mass is 9.98. The first kappa shape index (κ1) is 19.7. The molecule has 0 spiro atoms. The van der Waals surface area contributed by atoms with Crippen LogP contribution in [0.2, 0.25) is 0 Å². The number of methoxy groups -OCH3 is 1. The van der Waals surface area contributed by atoms with E-state index >= 15 is 0 Å². The number of thiophene rings is 1. The normalized spacial score (nSPS) is 17.8. The van der Waals surface area contributed by atoms with E-state index in [1.165, 1.54) is 4.88 Å². The van der Waals surface area contributed by atoms with Crippen molar-refractivity contribution in [2.24, 2.45) is 0 Å². The highest BCUT2D eigenvalue weighted by molar-refractivity contribution is 7.10. The van der Waals surface area contributed by atoms with Crippen LogP contribution in [0.1, 0.15) is 40.9 Å². The molecule has 1 N–H and O–H groups in total. The Hall–Kier alpha value is -2.63. The zero-order chi connectivity index (χ0) is 20.1. The molecule has 1 aliphatic heterocycles. The van der Waals surface area contributed by atoms with Gasteiger partial charge in [-0.3, -0.25) is 9.69 Å². The molecule has 2 heterocycles. The van der Waals surface area contributed by atoms with Crippen LogP contribution in [0.3, 0.4) is 0 Å². The second kappa shape index (κ2) is 9.25. The first-order valence-corrected chi connectivity index (χ1v) is 10.9. The van der Waals surface area contributed by atoms with Gasteiger partial charge in [-0.25, -0.2) is 0 Å². The van der Waals surface area contributed by atoms with E-state index < -0.39 is 0 Å². The van der Waals surface area contributed by atoms with E-state index in [0.29, 0.717) is 12.6 Å². The highest BCUT2D eigenvalue weighted by Gasteiger charge is 2.29. The topological polar surface area (TPSA) is 41.6 Å². The van der Waals surface area contributed by atoms with Gasteiger partial charge in [0, 0.05) is 10.9 Å². The molecule has 0 radical (unpaired) electrons. The smallest absolute Gasteiger partial charge is 0.234 e. The van der Waals surface area contributed by atoms with E-state index in [2.05, 4.69) is 39.9 Å². The van der Waals surface area contributed by atoms with Gasteiger partial charge in [0.15, 0.2) is 0 Å². The Morgan fingerprint density at radius 3 is 2.55 bits per heavy atom. The van der Waals surface area contributed by atoms with Gasteiger partial charge in [-0.1, -0.05) is 48.5 Å². The molecule has 29 heavy (non-hydrogen) atoms. The van der Waals surface area contributed by atoms with E-state index in [4.69, 9.17) is 4.74 Å². The molecule has 0 aliphatic carbocycles. The summed E-state index contributed by atoms with van der Waals surface area (Å²) in [5.74, 6) is 0.862. The van der Waals surface area contributed by atoms with E-state index in [0.717, 1.165) is 36.3 Å². The molecular weight excluding hydrogens is 380 g/mol. The molecule has 150 valence electrons. The quantitative estimate of drug-likeness (QED) is 0.613. The molecule has 0 unspecified atom stereocenters. The maximum absolute atomic E-state index is 13.0. The zero-order valence-electron chi connectivity index (χ0n) is 16.6. The summed E-state index contributed by atoms with van der Waals surface area (Å²) < 4.78 is 5.28.